The van der Waals surface area contributed by atoms with Gasteiger partial charge in [0.25, 0.3) is 0 Å². The van der Waals surface area contributed by atoms with Crippen LogP contribution in [0.15, 0.2) is 36.8 Å². The largest absolute Gasteiger partial charge is 0.508 e. The van der Waals surface area contributed by atoms with Crippen molar-refractivity contribution in [3.8, 4) is 5.75 Å². The summed E-state index contributed by atoms with van der Waals surface area (Å²) in [4.78, 5) is 67.0. The van der Waals surface area contributed by atoms with Crippen LogP contribution in [0.2, 0.25) is 0 Å². The first-order chi connectivity index (χ1) is 17.0. The number of nitrogens with two attached hydrogens (primary N) is 2. The number of aromatic hydroxyl groups is 1. The molecule has 1 heterocycles. The van der Waals surface area contributed by atoms with Crippen LogP contribution < -0.4 is 27.4 Å². The molecule has 1 aromatic carbocycles. The molecule has 0 spiro atoms. The number of nitrogens with zero attached hydrogens (tertiary/aromatic N) is 1. The highest BCUT2D eigenvalue weighted by molar-refractivity contribution is 5.94. The lowest BCUT2D eigenvalue weighted by Crippen LogP contribution is -2.57. The number of carboxylic acid groups (broad SMARTS) is 1. The average Bonchev–Trinajstić information content (AvgIpc) is 3.33. The molecule has 194 valence electrons. The van der Waals surface area contributed by atoms with E-state index in [0.29, 0.717) is 11.3 Å². The fraction of sp³-hybridized carbons (Fsp3) is 0.364. The van der Waals surface area contributed by atoms with Crippen LogP contribution >= 0.6 is 0 Å². The number of nitrogens with one attached hydrogen (secondary N) is 4. The Labute approximate surface area is 205 Å². The number of primary amides is 1. The van der Waals surface area contributed by atoms with Gasteiger partial charge in [-0.05, 0) is 24.1 Å². The molecule has 0 saturated carbocycles. The molecule has 0 aliphatic rings. The fourth-order valence-electron chi connectivity index (χ4n) is 3.20. The van der Waals surface area contributed by atoms with E-state index in [1.165, 1.54) is 24.7 Å². The standard InChI is InChI=1S/C22H29N7O7/c23-15(8-13-9-25-11-27-13)20(34)29-17(7-12-1-3-14(30)4-2-12)22(36)28-16(5-6-18(24)31)21(35)26-10-19(32)33/h1-4,9,11,15-17,30H,5-8,10,23H2,(H2,24,31)(H,25,27)(H,26,35)(H,28,36)(H,29,34)(H,32,33). The second kappa shape index (κ2) is 13.4. The number of carbonyl (C=O) groups is 5. The zero-order chi connectivity index (χ0) is 26.7. The number of hydrogen-bond acceptors (Lipinski definition) is 8. The SMILES string of the molecule is NC(=O)CCC(NC(=O)C(Cc1ccc(O)cc1)NC(=O)C(N)Cc1cnc[nH]1)C(=O)NCC(=O)O. The highest BCUT2D eigenvalue weighted by atomic mass is 16.4. The number of aliphatic carboxylic acids is 1. The van der Waals surface area contributed by atoms with E-state index in [4.69, 9.17) is 16.6 Å². The Morgan fingerprint density at radius 3 is 2.22 bits per heavy atom. The van der Waals surface area contributed by atoms with E-state index < -0.39 is 54.3 Å². The maximum atomic E-state index is 13.1. The van der Waals surface area contributed by atoms with E-state index in [1.54, 1.807) is 12.1 Å². The molecule has 2 rings (SSSR count). The zero-order valence-electron chi connectivity index (χ0n) is 19.3. The number of amides is 4. The number of imidazole rings is 1. The fourth-order valence-corrected chi connectivity index (χ4v) is 3.20. The van der Waals surface area contributed by atoms with Gasteiger partial charge in [0.15, 0.2) is 0 Å². The topological polar surface area (TPSA) is 243 Å². The van der Waals surface area contributed by atoms with Crippen molar-refractivity contribution in [3.05, 3.63) is 48.0 Å². The predicted molar refractivity (Wildman–Crippen MR) is 125 cm³/mol. The first kappa shape index (κ1) is 27.8. The average molecular weight is 504 g/mol. The Hall–Kier alpha value is -4.46. The third kappa shape index (κ3) is 9.42. The number of rotatable bonds is 14. The molecule has 3 atom stereocenters. The van der Waals surface area contributed by atoms with E-state index >= 15 is 0 Å². The molecule has 14 heteroatoms. The summed E-state index contributed by atoms with van der Waals surface area (Å²) < 4.78 is 0. The van der Waals surface area contributed by atoms with E-state index in [1.807, 2.05) is 0 Å². The van der Waals surface area contributed by atoms with Crippen LogP contribution in [-0.4, -0.2) is 74.4 Å². The summed E-state index contributed by atoms with van der Waals surface area (Å²) >= 11 is 0. The minimum Gasteiger partial charge on any atom is -0.508 e. The number of carbonyl (C=O) groups excluding carboxylic acids is 4. The van der Waals surface area contributed by atoms with Gasteiger partial charge in [0.2, 0.25) is 23.6 Å². The molecule has 0 bridgehead atoms. The van der Waals surface area contributed by atoms with Crippen molar-refractivity contribution >= 4 is 29.6 Å². The van der Waals surface area contributed by atoms with Crippen molar-refractivity contribution in [2.75, 3.05) is 6.54 Å². The van der Waals surface area contributed by atoms with Gasteiger partial charge in [-0.1, -0.05) is 12.1 Å². The van der Waals surface area contributed by atoms with E-state index in [9.17, 15) is 29.1 Å². The number of H-pyrrole nitrogens is 1. The molecular weight excluding hydrogens is 474 g/mol. The first-order valence-corrected chi connectivity index (χ1v) is 10.9. The summed E-state index contributed by atoms with van der Waals surface area (Å²) in [5.41, 5.74) is 12.3. The minimum absolute atomic E-state index is 0.00647. The van der Waals surface area contributed by atoms with Gasteiger partial charge in [0.05, 0.1) is 12.4 Å². The van der Waals surface area contributed by atoms with Gasteiger partial charge in [-0.2, -0.15) is 0 Å². The van der Waals surface area contributed by atoms with Gasteiger partial charge in [-0.3, -0.25) is 24.0 Å². The molecule has 3 unspecified atom stereocenters. The molecule has 36 heavy (non-hydrogen) atoms. The summed E-state index contributed by atoms with van der Waals surface area (Å²) in [6.07, 6.45) is 2.60. The Bertz CT molecular complexity index is 1060. The maximum absolute atomic E-state index is 13.1. The van der Waals surface area contributed by atoms with Crippen molar-refractivity contribution in [2.45, 2.75) is 43.8 Å². The van der Waals surface area contributed by atoms with Crippen LogP contribution in [0.25, 0.3) is 0 Å². The number of hydrogen-bond donors (Lipinski definition) is 8. The van der Waals surface area contributed by atoms with Crippen molar-refractivity contribution < 1.29 is 34.2 Å². The summed E-state index contributed by atoms with van der Waals surface area (Å²) in [7, 11) is 0. The minimum atomic E-state index is -1.30. The number of aromatic amines is 1. The van der Waals surface area contributed by atoms with Crippen LogP contribution in [0, 0.1) is 0 Å². The molecule has 1 aromatic heterocycles. The molecule has 4 amide bonds. The van der Waals surface area contributed by atoms with Gasteiger partial charge in [-0.15, -0.1) is 0 Å². The zero-order valence-corrected chi connectivity index (χ0v) is 19.3. The summed E-state index contributed by atoms with van der Waals surface area (Å²) in [5.74, 6) is -4.27. The summed E-state index contributed by atoms with van der Waals surface area (Å²) in [6, 6.07) is 2.41. The number of phenols is 1. The molecular formula is C22H29N7O7. The van der Waals surface area contributed by atoms with Crippen LogP contribution in [0.5, 0.6) is 5.75 Å². The van der Waals surface area contributed by atoms with Crippen LogP contribution in [-0.2, 0) is 36.8 Å². The van der Waals surface area contributed by atoms with Gasteiger partial charge in [0, 0.05) is 31.2 Å². The Balaban J connectivity index is 2.18. The summed E-state index contributed by atoms with van der Waals surface area (Å²) in [6.45, 7) is -0.697. The number of aromatic nitrogens is 2. The highest BCUT2D eigenvalue weighted by Gasteiger charge is 2.29. The molecule has 10 N–H and O–H groups in total. The molecule has 0 radical (unpaired) electrons. The van der Waals surface area contributed by atoms with Crippen molar-refractivity contribution in [1.82, 2.24) is 25.9 Å². The third-order valence-corrected chi connectivity index (χ3v) is 5.07. The van der Waals surface area contributed by atoms with Crippen molar-refractivity contribution in [1.29, 1.82) is 0 Å². The molecule has 0 aliphatic carbocycles. The number of carboxylic acids is 1. The Morgan fingerprint density at radius 2 is 1.64 bits per heavy atom. The van der Waals surface area contributed by atoms with Crippen LogP contribution in [0.1, 0.15) is 24.1 Å². The molecule has 0 aliphatic heterocycles. The second-order valence-electron chi connectivity index (χ2n) is 8.00. The van der Waals surface area contributed by atoms with Crippen LogP contribution in [0.3, 0.4) is 0 Å². The third-order valence-electron chi connectivity index (χ3n) is 5.07. The predicted octanol–water partition coefficient (Wildman–Crippen LogP) is -2.34. The molecule has 2 aromatic rings. The normalized spacial score (nSPS) is 13.1. The Kier molecular flexibility index (Phi) is 10.4. The van der Waals surface area contributed by atoms with E-state index in [-0.39, 0.29) is 31.4 Å². The van der Waals surface area contributed by atoms with E-state index in [2.05, 4.69) is 25.9 Å². The molecule has 0 fully saturated rings. The maximum Gasteiger partial charge on any atom is 0.322 e. The van der Waals surface area contributed by atoms with Crippen molar-refractivity contribution in [2.24, 2.45) is 11.5 Å². The van der Waals surface area contributed by atoms with Crippen molar-refractivity contribution in [3.63, 3.8) is 0 Å². The quantitative estimate of drug-likeness (QED) is 0.137. The molecule has 14 nitrogen and oxygen atoms in total. The lowest BCUT2D eigenvalue weighted by Gasteiger charge is -2.24. The van der Waals surface area contributed by atoms with Gasteiger partial charge in [-0.25, -0.2) is 4.98 Å². The lowest BCUT2D eigenvalue weighted by molar-refractivity contribution is -0.138. The first-order valence-electron chi connectivity index (χ1n) is 10.9. The van der Waals surface area contributed by atoms with Crippen LogP contribution in [0.4, 0.5) is 0 Å². The number of benzene rings is 1. The van der Waals surface area contributed by atoms with E-state index in [0.717, 1.165) is 0 Å². The van der Waals surface area contributed by atoms with Gasteiger partial charge < -0.3 is 42.6 Å². The van der Waals surface area contributed by atoms with Gasteiger partial charge >= 0.3 is 5.97 Å². The second-order valence-corrected chi connectivity index (χ2v) is 8.00. The monoisotopic (exact) mass is 503 g/mol. The van der Waals surface area contributed by atoms with Gasteiger partial charge in [0.1, 0.15) is 24.4 Å². The smallest absolute Gasteiger partial charge is 0.322 e. The Morgan fingerprint density at radius 1 is 0.972 bits per heavy atom. The highest BCUT2D eigenvalue weighted by Crippen LogP contribution is 2.12. The summed E-state index contributed by atoms with van der Waals surface area (Å²) in [5, 5.41) is 25.5. The number of phenolic OH excluding ortho intramolecular Hbond substituents is 1. The molecule has 0 saturated heterocycles. The lowest BCUT2D eigenvalue weighted by atomic mass is 10.0.